The zero-order valence-corrected chi connectivity index (χ0v) is 6.85. The van der Waals surface area contributed by atoms with Gasteiger partial charge in [-0.25, -0.2) is 5.84 Å². The Morgan fingerprint density at radius 2 is 2.00 bits per heavy atom. The summed E-state index contributed by atoms with van der Waals surface area (Å²) in [5.41, 5.74) is 2.11. The molecular weight excluding hydrogens is 128 g/mol. The van der Waals surface area contributed by atoms with E-state index in [-0.39, 0.29) is 5.91 Å². The lowest BCUT2D eigenvalue weighted by Crippen LogP contribution is -2.31. The average Bonchev–Trinajstić information content (AvgIpc) is 1.87. The Hall–Kier alpha value is -0.570. The van der Waals surface area contributed by atoms with Crippen molar-refractivity contribution in [3.05, 3.63) is 0 Å². The molecule has 0 radical (unpaired) electrons. The third kappa shape index (κ3) is 3.45. The van der Waals surface area contributed by atoms with E-state index >= 15 is 0 Å². The van der Waals surface area contributed by atoms with E-state index in [1.165, 1.54) is 0 Å². The maximum Gasteiger partial charge on any atom is 0.234 e. The molecule has 0 aromatic rings. The van der Waals surface area contributed by atoms with Gasteiger partial charge in [-0.15, -0.1) is 0 Å². The summed E-state index contributed by atoms with van der Waals surface area (Å²) in [6.07, 6.45) is 0.522. The van der Waals surface area contributed by atoms with Gasteiger partial charge in [0.1, 0.15) is 0 Å². The van der Waals surface area contributed by atoms with Gasteiger partial charge in [0.2, 0.25) is 5.91 Å². The Morgan fingerprint density at radius 3 is 2.30 bits per heavy atom. The summed E-state index contributed by atoms with van der Waals surface area (Å²) in [6.45, 7) is 6.23. The first-order valence-electron chi connectivity index (χ1n) is 3.57. The van der Waals surface area contributed by atoms with E-state index in [0.29, 0.717) is 18.3 Å². The van der Waals surface area contributed by atoms with Crippen LogP contribution in [0.25, 0.3) is 0 Å². The first kappa shape index (κ1) is 9.43. The molecule has 0 aliphatic carbocycles. The minimum Gasteiger partial charge on any atom is -0.294 e. The van der Waals surface area contributed by atoms with Crippen LogP contribution in [0.1, 0.15) is 27.2 Å². The van der Waals surface area contributed by atoms with Gasteiger partial charge in [0.25, 0.3) is 0 Å². The summed E-state index contributed by atoms with van der Waals surface area (Å²) in [7, 11) is 0. The number of hydrogen-bond donors (Lipinski definition) is 2. The molecule has 3 nitrogen and oxygen atoms in total. The van der Waals surface area contributed by atoms with Crippen molar-refractivity contribution >= 4 is 5.91 Å². The van der Waals surface area contributed by atoms with E-state index in [2.05, 4.69) is 19.3 Å². The van der Waals surface area contributed by atoms with Crippen molar-refractivity contribution in [3.63, 3.8) is 0 Å². The predicted octanol–water partition coefficient (Wildman–Crippen LogP) is 0.659. The summed E-state index contributed by atoms with van der Waals surface area (Å²) >= 11 is 0. The minimum atomic E-state index is -0.0822. The zero-order chi connectivity index (χ0) is 8.15. The average molecular weight is 144 g/mol. The lowest BCUT2D eigenvalue weighted by molar-refractivity contribution is -0.122. The van der Waals surface area contributed by atoms with Gasteiger partial charge in [0.15, 0.2) is 0 Å². The number of carbonyl (C=O) groups excluding carboxylic acids is 1. The van der Waals surface area contributed by atoms with Crippen LogP contribution in [0.15, 0.2) is 0 Å². The van der Waals surface area contributed by atoms with Gasteiger partial charge >= 0.3 is 0 Å². The monoisotopic (exact) mass is 144 g/mol. The fraction of sp³-hybridized carbons (Fsp3) is 0.857. The van der Waals surface area contributed by atoms with Crippen molar-refractivity contribution in [1.29, 1.82) is 0 Å². The van der Waals surface area contributed by atoms with E-state index in [4.69, 9.17) is 5.84 Å². The molecule has 0 fully saturated rings. The van der Waals surface area contributed by atoms with Crippen molar-refractivity contribution in [3.8, 4) is 0 Å². The number of nitrogens with two attached hydrogens (primary N) is 1. The summed E-state index contributed by atoms with van der Waals surface area (Å²) in [6, 6.07) is 0. The van der Waals surface area contributed by atoms with Crippen LogP contribution in [0.4, 0.5) is 0 Å². The van der Waals surface area contributed by atoms with Crippen molar-refractivity contribution < 1.29 is 4.79 Å². The van der Waals surface area contributed by atoms with E-state index in [0.717, 1.165) is 0 Å². The quantitative estimate of drug-likeness (QED) is 0.347. The Labute approximate surface area is 62.0 Å². The second-order valence-electron chi connectivity index (χ2n) is 2.99. The molecule has 10 heavy (non-hydrogen) atoms. The fourth-order valence-corrected chi connectivity index (χ4v) is 0.587. The molecule has 1 amide bonds. The second-order valence-corrected chi connectivity index (χ2v) is 2.99. The highest BCUT2D eigenvalue weighted by Gasteiger charge is 2.10. The zero-order valence-electron chi connectivity index (χ0n) is 6.85. The standard InChI is InChI=1S/C7H16N2O/c1-5(2)6(3)4-7(10)9-8/h5-6H,4,8H2,1-3H3,(H,9,10). The molecule has 0 heterocycles. The topological polar surface area (TPSA) is 55.1 Å². The van der Waals surface area contributed by atoms with Gasteiger partial charge in [-0.2, -0.15) is 0 Å². The molecule has 1 atom stereocenters. The molecule has 0 bridgehead atoms. The normalized spacial score (nSPS) is 13.3. The van der Waals surface area contributed by atoms with E-state index in [1.807, 2.05) is 6.92 Å². The lowest BCUT2D eigenvalue weighted by Gasteiger charge is -2.13. The van der Waals surface area contributed by atoms with Gasteiger partial charge in [-0.1, -0.05) is 20.8 Å². The number of hydrazine groups is 1. The van der Waals surface area contributed by atoms with Crippen molar-refractivity contribution in [2.45, 2.75) is 27.2 Å². The van der Waals surface area contributed by atoms with Crippen LogP contribution in [-0.4, -0.2) is 5.91 Å². The molecule has 3 N–H and O–H groups in total. The van der Waals surface area contributed by atoms with Crippen LogP contribution in [-0.2, 0) is 4.79 Å². The van der Waals surface area contributed by atoms with E-state index in [9.17, 15) is 4.79 Å². The lowest BCUT2D eigenvalue weighted by atomic mass is 9.95. The Bertz CT molecular complexity index is 112. The maximum absolute atomic E-state index is 10.7. The number of carbonyl (C=O) groups is 1. The van der Waals surface area contributed by atoms with Crippen LogP contribution in [0, 0.1) is 11.8 Å². The van der Waals surface area contributed by atoms with Crippen LogP contribution in [0.2, 0.25) is 0 Å². The Kier molecular flexibility index (Phi) is 4.03. The first-order valence-corrected chi connectivity index (χ1v) is 3.57. The predicted molar refractivity (Wildman–Crippen MR) is 40.9 cm³/mol. The summed E-state index contributed by atoms with van der Waals surface area (Å²) in [5.74, 6) is 5.78. The molecule has 0 aromatic carbocycles. The van der Waals surface area contributed by atoms with E-state index < -0.39 is 0 Å². The third-order valence-electron chi connectivity index (χ3n) is 1.81. The molecule has 0 spiro atoms. The number of hydrogen-bond acceptors (Lipinski definition) is 2. The van der Waals surface area contributed by atoms with Crippen molar-refractivity contribution in [1.82, 2.24) is 5.43 Å². The number of amides is 1. The SMILES string of the molecule is CC(C)C(C)CC(=O)NN. The fourth-order valence-electron chi connectivity index (χ4n) is 0.587. The number of rotatable bonds is 3. The van der Waals surface area contributed by atoms with Gasteiger partial charge < -0.3 is 0 Å². The smallest absolute Gasteiger partial charge is 0.234 e. The van der Waals surface area contributed by atoms with Gasteiger partial charge in [0.05, 0.1) is 0 Å². The molecule has 0 rings (SSSR count). The summed E-state index contributed by atoms with van der Waals surface area (Å²) in [5, 5.41) is 0. The van der Waals surface area contributed by atoms with Gasteiger partial charge in [-0.3, -0.25) is 10.2 Å². The van der Waals surface area contributed by atoms with Crippen LogP contribution >= 0.6 is 0 Å². The minimum absolute atomic E-state index is 0.0822. The van der Waals surface area contributed by atoms with Gasteiger partial charge in [-0.05, 0) is 11.8 Å². The third-order valence-corrected chi connectivity index (χ3v) is 1.81. The summed E-state index contributed by atoms with van der Waals surface area (Å²) in [4.78, 5) is 10.7. The maximum atomic E-state index is 10.7. The van der Waals surface area contributed by atoms with Crippen LogP contribution in [0.5, 0.6) is 0 Å². The molecule has 0 saturated carbocycles. The highest BCUT2D eigenvalue weighted by molar-refractivity contribution is 5.75. The van der Waals surface area contributed by atoms with Gasteiger partial charge in [0, 0.05) is 6.42 Å². The molecular formula is C7H16N2O. The van der Waals surface area contributed by atoms with Crippen molar-refractivity contribution in [2.24, 2.45) is 17.7 Å². The van der Waals surface area contributed by atoms with Crippen LogP contribution in [0.3, 0.4) is 0 Å². The summed E-state index contributed by atoms with van der Waals surface area (Å²) < 4.78 is 0. The highest BCUT2D eigenvalue weighted by Crippen LogP contribution is 2.12. The molecule has 0 aromatic heterocycles. The Morgan fingerprint density at radius 1 is 1.50 bits per heavy atom. The van der Waals surface area contributed by atoms with Crippen LogP contribution < -0.4 is 11.3 Å². The van der Waals surface area contributed by atoms with E-state index in [1.54, 1.807) is 0 Å². The highest BCUT2D eigenvalue weighted by atomic mass is 16.2. The van der Waals surface area contributed by atoms with Crippen molar-refractivity contribution in [2.75, 3.05) is 0 Å². The molecule has 3 heteroatoms. The molecule has 1 unspecified atom stereocenters. The second kappa shape index (κ2) is 4.28. The molecule has 0 aliphatic heterocycles. The number of nitrogens with one attached hydrogen (secondary N) is 1. The first-order chi connectivity index (χ1) is 4.57. The largest absolute Gasteiger partial charge is 0.294 e. The Balaban J connectivity index is 3.57. The molecule has 0 saturated heterocycles. The molecule has 0 aliphatic rings. The molecule has 60 valence electrons.